The van der Waals surface area contributed by atoms with E-state index in [2.05, 4.69) is 0 Å². The number of ether oxygens (including phenoxy) is 2. The Morgan fingerprint density at radius 3 is 2.65 bits per heavy atom. The summed E-state index contributed by atoms with van der Waals surface area (Å²) >= 11 is 0. The van der Waals surface area contributed by atoms with E-state index in [-0.39, 0.29) is 6.79 Å². The zero-order valence-electron chi connectivity index (χ0n) is 11.6. The van der Waals surface area contributed by atoms with Crippen molar-refractivity contribution in [2.24, 2.45) is 0 Å². The average molecular weight is 299 g/mol. The van der Waals surface area contributed by atoms with Crippen LogP contribution in [0.2, 0.25) is 0 Å². The van der Waals surface area contributed by atoms with Crippen LogP contribution in [0.1, 0.15) is 12.5 Å². The zero-order valence-corrected chi connectivity index (χ0v) is 12.4. The third-order valence-electron chi connectivity index (χ3n) is 3.22. The predicted octanol–water partition coefficient (Wildman–Crippen LogP) is 0.807. The van der Waals surface area contributed by atoms with Gasteiger partial charge in [0, 0.05) is 19.8 Å². The summed E-state index contributed by atoms with van der Waals surface area (Å²) in [6.07, 6.45) is 1.06. The molecular weight excluding hydrogens is 282 g/mol. The number of benzene rings is 1. The van der Waals surface area contributed by atoms with Gasteiger partial charge in [0.15, 0.2) is 21.3 Å². The maximum atomic E-state index is 12.0. The van der Waals surface area contributed by atoms with E-state index in [1.54, 1.807) is 19.2 Å². The fourth-order valence-corrected chi connectivity index (χ4v) is 2.43. The Morgan fingerprint density at radius 2 is 2.00 bits per heavy atom. The minimum Gasteiger partial charge on any atom is -0.454 e. The molecule has 1 aromatic carbocycles. The number of nitrogens with zero attached hydrogens (tertiary/aromatic N) is 1. The number of amides is 1. The molecule has 0 N–H and O–H groups in total. The first-order valence-electron chi connectivity index (χ1n) is 6.11. The predicted molar refractivity (Wildman–Crippen MR) is 73.3 cm³/mol. The van der Waals surface area contributed by atoms with Crippen LogP contribution in [0.15, 0.2) is 18.2 Å². The minimum atomic E-state index is -3.38. The largest absolute Gasteiger partial charge is 0.454 e. The summed E-state index contributed by atoms with van der Waals surface area (Å²) in [6.45, 7) is 1.90. The summed E-state index contributed by atoms with van der Waals surface area (Å²) < 4.78 is 33.3. The highest BCUT2D eigenvalue weighted by molar-refractivity contribution is 7.92. The Hall–Kier alpha value is -1.76. The zero-order chi connectivity index (χ0) is 14.9. The lowest BCUT2D eigenvalue weighted by Crippen LogP contribution is -2.38. The SMILES string of the molecule is C[C@H](C(=O)N(C)Cc1ccc2c(c1)OCO2)S(C)(=O)=O. The second-order valence-electron chi connectivity index (χ2n) is 4.85. The van der Waals surface area contributed by atoms with Crippen molar-refractivity contribution < 1.29 is 22.7 Å². The highest BCUT2D eigenvalue weighted by Crippen LogP contribution is 2.32. The number of carbonyl (C=O) groups excluding carboxylic acids is 1. The number of fused-ring (bicyclic) bond motifs is 1. The molecule has 0 unspecified atom stereocenters. The van der Waals surface area contributed by atoms with Crippen LogP contribution < -0.4 is 9.47 Å². The van der Waals surface area contributed by atoms with Gasteiger partial charge in [0.2, 0.25) is 12.7 Å². The Morgan fingerprint density at radius 1 is 1.35 bits per heavy atom. The molecule has 110 valence electrons. The number of carbonyl (C=O) groups is 1. The van der Waals surface area contributed by atoms with Gasteiger partial charge in [-0.2, -0.15) is 0 Å². The van der Waals surface area contributed by atoms with E-state index in [0.717, 1.165) is 11.8 Å². The van der Waals surface area contributed by atoms with Crippen LogP contribution in [0.3, 0.4) is 0 Å². The van der Waals surface area contributed by atoms with E-state index in [9.17, 15) is 13.2 Å². The standard InChI is InChI=1S/C13H17NO5S/c1-9(20(3,16)17)13(15)14(2)7-10-4-5-11-12(6-10)19-8-18-11/h4-6,9H,7-8H2,1-3H3/t9-/m1/s1. The monoisotopic (exact) mass is 299 g/mol. The summed E-state index contributed by atoms with van der Waals surface area (Å²) in [5.41, 5.74) is 0.853. The second kappa shape index (κ2) is 5.32. The molecular formula is C13H17NO5S. The van der Waals surface area contributed by atoms with Crippen LogP contribution in [0.25, 0.3) is 0 Å². The van der Waals surface area contributed by atoms with E-state index < -0.39 is 21.0 Å². The van der Waals surface area contributed by atoms with Crippen LogP contribution >= 0.6 is 0 Å². The van der Waals surface area contributed by atoms with Crippen molar-refractivity contribution in [1.82, 2.24) is 4.90 Å². The van der Waals surface area contributed by atoms with E-state index in [0.29, 0.717) is 18.0 Å². The lowest BCUT2D eigenvalue weighted by atomic mass is 10.2. The molecule has 1 heterocycles. The lowest BCUT2D eigenvalue weighted by Gasteiger charge is -2.20. The summed E-state index contributed by atoms with van der Waals surface area (Å²) in [4.78, 5) is 13.4. The van der Waals surface area contributed by atoms with E-state index in [1.165, 1.54) is 11.8 Å². The van der Waals surface area contributed by atoms with Gasteiger partial charge in [-0.25, -0.2) is 8.42 Å². The summed E-state index contributed by atoms with van der Waals surface area (Å²) in [5, 5.41) is -1.04. The van der Waals surface area contributed by atoms with Crippen LogP contribution in [-0.4, -0.2) is 44.6 Å². The van der Waals surface area contributed by atoms with E-state index >= 15 is 0 Å². The first-order valence-corrected chi connectivity index (χ1v) is 8.07. The molecule has 6 nitrogen and oxygen atoms in total. The number of sulfone groups is 1. The van der Waals surface area contributed by atoms with Gasteiger partial charge in [-0.15, -0.1) is 0 Å². The third-order valence-corrected chi connectivity index (χ3v) is 4.71. The molecule has 1 atom stereocenters. The van der Waals surface area contributed by atoms with Crippen molar-refractivity contribution in [2.45, 2.75) is 18.7 Å². The van der Waals surface area contributed by atoms with E-state index in [1.807, 2.05) is 6.07 Å². The van der Waals surface area contributed by atoms with Crippen molar-refractivity contribution in [3.8, 4) is 11.5 Å². The topological polar surface area (TPSA) is 72.9 Å². The van der Waals surface area contributed by atoms with Gasteiger partial charge in [0.05, 0.1) is 0 Å². The molecule has 0 aliphatic carbocycles. The fourth-order valence-electron chi connectivity index (χ4n) is 1.88. The fraction of sp³-hybridized carbons (Fsp3) is 0.462. The molecule has 1 aliphatic rings. The molecule has 0 spiro atoms. The van der Waals surface area contributed by atoms with Crippen molar-refractivity contribution in [2.75, 3.05) is 20.1 Å². The van der Waals surface area contributed by atoms with Crippen molar-refractivity contribution >= 4 is 15.7 Å². The van der Waals surface area contributed by atoms with Gasteiger partial charge in [0.25, 0.3) is 0 Å². The maximum Gasteiger partial charge on any atom is 0.240 e. The molecule has 2 rings (SSSR count). The van der Waals surface area contributed by atoms with E-state index in [4.69, 9.17) is 9.47 Å². The van der Waals surface area contributed by atoms with Gasteiger partial charge < -0.3 is 14.4 Å². The molecule has 0 saturated carbocycles. The van der Waals surface area contributed by atoms with Gasteiger partial charge in [-0.1, -0.05) is 6.07 Å². The summed E-state index contributed by atoms with van der Waals surface area (Å²) in [7, 11) is -1.81. The smallest absolute Gasteiger partial charge is 0.240 e. The summed E-state index contributed by atoms with van der Waals surface area (Å²) in [5.74, 6) is 0.886. The first-order chi connectivity index (χ1) is 9.29. The Bertz CT molecular complexity index is 626. The molecule has 0 bridgehead atoms. The molecule has 0 radical (unpaired) electrons. The highest BCUT2D eigenvalue weighted by Gasteiger charge is 2.26. The first kappa shape index (κ1) is 14.6. The number of hydrogen-bond acceptors (Lipinski definition) is 5. The molecule has 0 saturated heterocycles. The molecule has 20 heavy (non-hydrogen) atoms. The quantitative estimate of drug-likeness (QED) is 0.822. The van der Waals surface area contributed by atoms with Crippen LogP contribution in [0, 0.1) is 0 Å². The Labute approximate surface area is 118 Å². The Kier molecular flexibility index (Phi) is 3.89. The van der Waals surface area contributed by atoms with Crippen molar-refractivity contribution in [3.05, 3.63) is 23.8 Å². The molecule has 1 amide bonds. The van der Waals surface area contributed by atoms with Crippen molar-refractivity contribution in [1.29, 1.82) is 0 Å². The van der Waals surface area contributed by atoms with Gasteiger partial charge in [-0.3, -0.25) is 4.79 Å². The summed E-state index contributed by atoms with van der Waals surface area (Å²) in [6, 6.07) is 5.38. The molecule has 0 fully saturated rings. The van der Waals surface area contributed by atoms with Crippen LogP contribution in [-0.2, 0) is 21.2 Å². The molecule has 0 aromatic heterocycles. The third kappa shape index (κ3) is 3.04. The van der Waals surface area contributed by atoms with Crippen LogP contribution in [0.4, 0.5) is 0 Å². The van der Waals surface area contributed by atoms with Gasteiger partial charge >= 0.3 is 0 Å². The normalized spacial score (nSPS) is 14.9. The van der Waals surface area contributed by atoms with Crippen LogP contribution in [0.5, 0.6) is 11.5 Å². The molecule has 1 aromatic rings. The Balaban J connectivity index is 2.08. The maximum absolute atomic E-state index is 12.0. The number of rotatable bonds is 4. The molecule has 1 aliphatic heterocycles. The number of hydrogen-bond donors (Lipinski definition) is 0. The van der Waals surface area contributed by atoms with Gasteiger partial charge in [-0.05, 0) is 24.6 Å². The van der Waals surface area contributed by atoms with Crippen molar-refractivity contribution in [3.63, 3.8) is 0 Å². The second-order valence-corrected chi connectivity index (χ2v) is 7.22. The minimum absolute atomic E-state index is 0.193. The van der Waals surface area contributed by atoms with Gasteiger partial charge in [0.1, 0.15) is 5.25 Å². The molecule has 7 heteroatoms. The lowest BCUT2D eigenvalue weighted by molar-refractivity contribution is -0.129. The highest BCUT2D eigenvalue weighted by atomic mass is 32.2. The average Bonchev–Trinajstić information content (AvgIpc) is 2.83.